The highest BCUT2D eigenvalue weighted by Crippen LogP contribution is 2.23. The molecule has 0 aliphatic carbocycles. The molecule has 1 aromatic carbocycles. The number of benzene rings is 1. The lowest BCUT2D eigenvalue weighted by molar-refractivity contribution is -0.384. The molecule has 1 saturated heterocycles. The standard InChI is InChI=1S/C15H18N4O3/c1-10-15(22-9-11-4-6-16-7-5-11)18-14-8-12(19(20)21)2-3-13(14)17-10/h2-3,8,11,16H,4-7,9H2,1H3. The average Bonchev–Trinajstić information content (AvgIpc) is 2.53. The van der Waals surface area contributed by atoms with Crippen molar-refractivity contribution in [2.24, 2.45) is 5.92 Å². The molecule has 116 valence electrons. The number of nitro groups is 1. The maximum absolute atomic E-state index is 10.8. The highest BCUT2D eigenvalue weighted by atomic mass is 16.6. The molecule has 0 atom stereocenters. The van der Waals surface area contributed by atoms with Gasteiger partial charge in [-0.2, -0.15) is 0 Å². The number of nitro benzene ring substituents is 1. The second-order valence-corrected chi connectivity index (χ2v) is 5.55. The number of nitrogens with one attached hydrogen (secondary N) is 1. The van der Waals surface area contributed by atoms with E-state index in [1.54, 1.807) is 6.07 Å². The van der Waals surface area contributed by atoms with Gasteiger partial charge in [0.05, 0.1) is 22.6 Å². The third kappa shape index (κ3) is 3.14. The van der Waals surface area contributed by atoms with Crippen LogP contribution in [0.25, 0.3) is 11.0 Å². The van der Waals surface area contributed by atoms with Crippen molar-refractivity contribution in [3.8, 4) is 5.88 Å². The summed E-state index contributed by atoms with van der Waals surface area (Å²) in [5.41, 5.74) is 1.84. The van der Waals surface area contributed by atoms with Gasteiger partial charge in [0.15, 0.2) is 0 Å². The van der Waals surface area contributed by atoms with E-state index in [1.807, 2.05) is 6.92 Å². The molecule has 2 heterocycles. The summed E-state index contributed by atoms with van der Waals surface area (Å²) in [6, 6.07) is 4.48. The first-order chi connectivity index (χ1) is 10.6. The number of fused-ring (bicyclic) bond motifs is 1. The van der Waals surface area contributed by atoms with Crippen LogP contribution in [0.3, 0.4) is 0 Å². The number of hydrogen-bond donors (Lipinski definition) is 1. The average molecular weight is 302 g/mol. The van der Waals surface area contributed by atoms with E-state index in [4.69, 9.17) is 4.74 Å². The van der Waals surface area contributed by atoms with Crippen LogP contribution in [0.2, 0.25) is 0 Å². The number of nitrogens with zero attached hydrogens (tertiary/aromatic N) is 3. The Bertz CT molecular complexity index is 698. The molecule has 3 rings (SSSR count). The first kappa shape index (κ1) is 14.6. The Kier molecular flexibility index (Phi) is 4.15. The van der Waals surface area contributed by atoms with Crippen molar-refractivity contribution in [2.75, 3.05) is 19.7 Å². The van der Waals surface area contributed by atoms with Crippen LogP contribution in [-0.4, -0.2) is 34.6 Å². The summed E-state index contributed by atoms with van der Waals surface area (Å²) in [7, 11) is 0. The number of aromatic nitrogens is 2. The van der Waals surface area contributed by atoms with Gasteiger partial charge in [0.25, 0.3) is 5.69 Å². The van der Waals surface area contributed by atoms with E-state index in [2.05, 4.69) is 15.3 Å². The van der Waals surface area contributed by atoms with Crippen molar-refractivity contribution in [3.63, 3.8) is 0 Å². The SMILES string of the molecule is Cc1nc2ccc([N+](=O)[O-])cc2nc1OCC1CCNCC1. The molecule has 7 heteroatoms. The third-order valence-electron chi connectivity index (χ3n) is 3.90. The fraction of sp³-hybridized carbons (Fsp3) is 0.467. The van der Waals surface area contributed by atoms with E-state index in [9.17, 15) is 10.1 Å². The summed E-state index contributed by atoms with van der Waals surface area (Å²) in [6.45, 7) is 4.48. The van der Waals surface area contributed by atoms with E-state index in [0.29, 0.717) is 35.1 Å². The Hall–Kier alpha value is -2.28. The predicted octanol–water partition coefficient (Wildman–Crippen LogP) is 2.22. The van der Waals surface area contributed by atoms with Gasteiger partial charge in [-0.25, -0.2) is 9.97 Å². The molecule has 0 unspecified atom stereocenters. The molecule has 0 bridgehead atoms. The van der Waals surface area contributed by atoms with Crippen LogP contribution < -0.4 is 10.1 Å². The van der Waals surface area contributed by atoms with Crippen LogP contribution in [-0.2, 0) is 0 Å². The largest absolute Gasteiger partial charge is 0.476 e. The Morgan fingerprint density at radius 1 is 1.32 bits per heavy atom. The number of hydrogen-bond acceptors (Lipinski definition) is 6. The molecule has 1 aliphatic heterocycles. The van der Waals surface area contributed by atoms with Crippen LogP contribution in [0.1, 0.15) is 18.5 Å². The minimum absolute atomic E-state index is 0.00922. The summed E-state index contributed by atoms with van der Waals surface area (Å²) in [5, 5.41) is 14.2. The monoisotopic (exact) mass is 302 g/mol. The number of non-ortho nitro benzene ring substituents is 1. The van der Waals surface area contributed by atoms with Crippen LogP contribution in [0.5, 0.6) is 5.88 Å². The molecular weight excluding hydrogens is 284 g/mol. The van der Waals surface area contributed by atoms with Gasteiger partial charge in [-0.3, -0.25) is 10.1 Å². The summed E-state index contributed by atoms with van der Waals surface area (Å²) in [5.74, 6) is 0.981. The van der Waals surface area contributed by atoms with E-state index in [1.165, 1.54) is 12.1 Å². The fourth-order valence-corrected chi connectivity index (χ4v) is 2.61. The molecule has 0 spiro atoms. The van der Waals surface area contributed by atoms with Crippen molar-refractivity contribution >= 4 is 16.7 Å². The summed E-state index contributed by atoms with van der Waals surface area (Å²) in [6.07, 6.45) is 2.18. The van der Waals surface area contributed by atoms with Crippen LogP contribution in [0, 0.1) is 23.0 Å². The summed E-state index contributed by atoms with van der Waals surface area (Å²) in [4.78, 5) is 19.2. The fourth-order valence-electron chi connectivity index (χ4n) is 2.61. The molecule has 0 saturated carbocycles. The van der Waals surface area contributed by atoms with Crippen molar-refractivity contribution in [1.82, 2.24) is 15.3 Å². The van der Waals surface area contributed by atoms with Gasteiger partial charge in [-0.05, 0) is 44.8 Å². The topological polar surface area (TPSA) is 90.2 Å². The van der Waals surface area contributed by atoms with Crippen molar-refractivity contribution in [3.05, 3.63) is 34.0 Å². The second kappa shape index (κ2) is 6.23. The predicted molar refractivity (Wildman–Crippen MR) is 82.0 cm³/mol. The Labute approximate surface area is 127 Å². The van der Waals surface area contributed by atoms with Crippen molar-refractivity contribution in [1.29, 1.82) is 0 Å². The molecule has 1 N–H and O–H groups in total. The number of piperidine rings is 1. The van der Waals surface area contributed by atoms with Gasteiger partial charge in [-0.15, -0.1) is 0 Å². The van der Waals surface area contributed by atoms with Crippen LogP contribution in [0.15, 0.2) is 18.2 Å². The molecule has 1 aromatic heterocycles. The second-order valence-electron chi connectivity index (χ2n) is 5.55. The highest BCUT2D eigenvalue weighted by molar-refractivity contribution is 5.77. The van der Waals surface area contributed by atoms with Gasteiger partial charge < -0.3 is 10.1 Å². The lowest BCUT2D eigenvalue weighted by Gasteiger charge is -2.22. The minimum Gasteiger partial charge on any atom is -0.476 e. The minimum atomic E-state index is -0.434. The van der Waals surface area contributed by atoms with Crippen LogP contribution >= 0.6 is 0 Å². The Balaban J connectivity index is 1.81. The van der Waals surface area contributed by atoms with E-state index < -0.39 is 4.92 Å². The molecule has 1 fully saturated rings. The van der Waals surface area contributed by atoms with Gasteiger partial charge in [0.1, 0.15) is 5.69 Å². The quantitative estimate of drug-likeness (QED) is 0.688. The van der Waals surface area contributed by atoms with Crippen molar-refractivity contribution in [2.45, 2.75) is 19.8 Å². The van der Waals surface area contributed by atoms with Gasteiger partial charge in [0.2, 0.25) is 5.88 Å². The number of ether oxygens (including phenoxy) is 1. The zero-order valence-electron chi connectivity index (χ0n) is 12.4. The van der Waals surface area contributed by atoms with E-state index in [0.717, 1.165) is 25.9 Å². The summed E-state index contributed by atoms with van der Waals surface area (Å²) < 4.78 is 5.81. The molecular formula is C15H18N4O3. The normalized spacial score (nSPS) is 15.9. The molecule has 0 amide bonds. The van der Waals surface area contributed by atoms with Crippen molar-refractivity contribution < 1.29 is 9.66 Å². The number of aryl methyl sites for hydroxylation is 1. The van der Waals surface area contributed by atoms with Gasteiger partial charge in [-0.1, -0.05) is 0 Å². The van der Waals surface area contributed by atoms with Crippen LogP contribution in [0.4, 0.5) is 5.69 Å². The molecule has 22 heavy (non-hydrogen) atoms. The Morgan fingerprint density at radius 2 is 2.09 bits per heavy atom. The third-order valence-corrected chi connectivity index (χ3v) is 3.90. The smallest absolute Gasteiger partial charge is 0.271 e. The Morgan fingerprint density at radius 3 is 2.82 bits per heavy atom. The number of rotatable bonds is 4. The maximum atomic E-state index is 10.8. The first-order valence-corrected chi connectivity index (χ1v) is 7.40. The highest BCUT2D eigenvalue weighted by Gasteiger charge is 2.16. The molecule has 1 aliphatic rings. The molecule has 7 nitrogen and oxygen atoms in total. The lowest BCUT2D eigenvalue weighted by atomic mass is 9.99. The van der Waals surface area contributed by atoms with E-state index >= 15 is 0 Å². The maximum Gasteiger partial charge on any atom is 0.271 e. The molecule has 0 radical (unpaired) electrons. The van der Waals surface area contributed by atoms with E-state index in [-0.39, 0.29) is 5.69 Å². The lowest BCUT2D eigenvalue weighted by Crippen LogP contribution is -2.30. The zero-order chi connectivity index (χ0) is 15.5. The zero-order valence-corrected chi connectivity index (χ0v) is 12.4. The van der Waals surface area contributed by atoms with Gasteiger partial charge in [0, 0.05) is 12.1 Å². The molecule has 2 aromatic rings. The first-order valence-electron chi connectivity index (χ1n) is 7.40. The summed E-state index contributed by atoms with van der Waals surface area (Å²) >= 11 is 0. The van der Waals surface area contributed by atoms with Gasteiger partial charge >= 0.3 is 0 Å².